The Morgan fingerprint density at radius 1 is 0.846 bits per heavy atom. The lowest BCUT2D eigenvalue weighted by atomic mass is 9.92. The number of carbonyl (C=O) groups is 2. The minimum Gasteiger partial charge on any atom is -0.489 e. The van der Waals surface area contributed by atoms with Gasteiger partial charge in [0.2, 0.25) is 23.1 Å². The quantitative estimate of drug-likeness (QED) is 0.808. The Morgan fingerprint density at radius 2 is 1.46 bits per heavy atom. The second-order valence-corrected chi connectivity index (χ2v) is 7.05. The molecule has 3 rings (SSSR count). The van der Waals surface area contributed by atoms with Crippen LogP contribution in [-0.2, 0) is 26.7 Å². The van der Waals surface area contributed by atoms with Gasteiger partial charge in [0.1, 0.15) is 0 Å². The number of carbonyl (C=O) groups excluding carboxylic acids is 2. The summed E-state index contributed by atoms with van der Waals surface area (Å²) < 4.78 is 23.4. The molecule has 2 aromatic carbocycles. The molecule has 0 aromatic heterocycles. The fraction of sp³-hybridized carbons (Fsp3) is 0.200. The number of hydrogen-bond acceptors (Lipinski definition) is 5. The Hall–Kier alpha value is -2.73. The smallest absolute Gasteiger partial charge is 0.233 e. The van der Waals surface area contributed by atoms with E-state index in [9.17, 15) is 13.8 Å². The summed E-state index contributed by atoms with van der Waals surface area (Å²) in [6, 6.07) is 12.1. The van der Waals surface area contributed by atoms with Gasteiger partial charge in [0.15, 0.2) is 0 Å². The minimum absolute atomic E-state index is 0.111. The van der Waals surface area contributed by atoms with Crippen molar-refractivity contribution in [3.8, 4) is 0 Å². The van der Waals surface area contributed by atoms with Crippen LogP contribution in [0.25, 0.3) is 0 Å². The van der Waals surface area contributed by atoms with Gasteiger partial charge < -0.3 is 9.47 Å². The minimum atomic E-state index is -1.61. The van der Waals surface area contributed by atoms with Crippen molar-refractivity contribution in [2.24, 2.45) is 0 Å². The third-order valence-corrected chi connectivity index (χ3v) is 5.82. The van der Waals surface area contributed by atoms with Gasteiger partial charge in [-0.25, -0.2) is 4.21 Å². The molecule has 0 heterocycles. The van der Waals surface area contributed by atoms with Crippen LogP contribution >= 0.6 is 0 Å². The third-order valence-electron chi connectivity index (χ3n) is 4.28. The summed E-state index contributed by atoms with van der Waals surface area (Å²) in [4.78, 5) is 26.5. The summed E-state index contributed by atoms with van der Waals surface area (Å²) in [6.45, 7) is 1.97. The number of benzene rings is 2. The number of allylic oxidation sites excluding steroid dienone is 2. The molecule has 1 aliphatic rings. The van der Waals surface area contributed by atoms with Crippen molar-refractivity contribution in [2.75, 3.05) is 14.2 Å². The van der Waals surface area contributed by atoms with Crippen molar-refractivity contribution < 1.29 is 23.3 Å². The van der Waals surface area contributed by atoms with E-state index in [0.29, 0.717) is 16.2 Å². The molecule has 1 aliphatic carbocycles. The van der Waals surface area contributed by atoms with E-state index in [1.54, 1.807) is 24.3 Å². The first-order valence-corrected chi connectivity index (χ1v) is 9.24. The molecular weight excluding hydrogens is 352 g/mol. The Bertz CT molecular complexity index is 958. The van der Waals surface area contributed by atoms with E-state index in [2.05, 4.69) is 0 Å². The van der Waals surface area contributed by atoms with Gasteiger partial charge in [-0.1, -0.05) is 37.3 Å². The summed E-state index contributed by atoms with van der Waals surface area (Å²) in [7, 11) is 1.01. The lowest BCUT2D eigenvalue weighted by molar-refractivity contribution is 0.0826. The van der Waals surface area contributed by atoms with Crippen LogP contribution in [0.4, 0.5) is 0 Å². The van der Waals surface area contributed by atoms with Crippen LogP contribution in [0.5, 0.6) is 0 Å². The summed E-state index contributed by atoms with van der Waals surface area (Å²) in [5.74, 6) is -1.27. The molecule has 26 heavy (non-hydrogen) atoms. The van der Waals surface area contributed by atoms with E-state index in [1.165, 1.54) is 20.3 Å². The normalized spacial score (nSPS) is 14.9. The predicted octanol–water partition coefficient (Wildman–Crippen LogP) is 3.30. The largest absolute Gasteiger partial charge is 0.489 e. The van der Waals surface area contributed by atoms with Gasteiger partial charge in [-0.2, -0.15) is 0 Å². The standard InChI is InChI=1S/C20H18O5S/c1-4-12-8-5-6-10-14(12)26(23)15-11-7-9-13-16(15)18(22)20(25-3)19(24-2)17(13)21/h5-11H,4H2,1-3H3. The monoisotopic (exact) mass is 370 g/mol. The fourth-order valence-corrected chi connectivity index (χ4v) is 4.50. The van der Waals surface area contributed by atoms with Crippen molar-refractivity contribution in [3.63, 3.8) is 0 Å². The van der Waals surface area contributed by atoms with E-state index >= 15 is 0 Å². The summed E-state index contributed by atoms with van der Waals surface area (Å²) in [5.41, 5.74) is 1.21. The van der Waals surface area contributed by atoms with Gasteiger partial charge in [-0.15, -0.1) is 0 Å². The topological polar surface area (TPSA) is 69.7 Å². The summed E-state index contributed by atoms with van der Waals surface area (Å²) in [5, 5.41) is 0. The molecule has 0 N–H and O–H groups in total. The molecule has 0 aliphatic heterocycles. The molecular formula is C20H18O5S. The van der Waals surface area contributed by atoms with Crippen LogP contribution in [-0.4, -0.2) is 30.0 Å². The molecule has 1 atom stereocenters. The Kier molecular flexibility index (Phi) is 5.04. The van der Waals surface area contributed by atoms with E-state index in [1.807, 2.05) is 19.1 Å². The molecule has 134 valence electrons. The number of fused-ring (bicyclic) bond motifs is 1. The van der Waals surface area contributed by atoms with Crippen molar-refractivity contribution in [1.29, 1.82) is 0 Å². The first kappa shape index (κ1) is 18.1. The highest BCUT2D eigenvalue weighted by Crippen LogP contribution is 2.33. The number of hydrogen-bond donors (Lipinski definition) is 0. The molecule has 2 aromatic rings. The Morgan fingerprint density at radius 3 is 2.12 bits per heavy atom. The van der Waals surface area contributed by atoms with Crippen LogP contribution in [0.1, 0.15) is 33.2 Å². The van der Waals surface area contributed by atoms with Crippen LogP contribution in [0, 0.1) is 0 Å². The maximum absolute atomic E-state index is 13.3. The summed E-state index contributed by atoms with van der Waals surface area (Å²) >= 11 is 0. The van der Waals surface area contributed by atoms with Crippen molar-refractivity contribution in [3.05, 3.63) is 70.7 Å². The van der Waals surface area contributed by atoms with E-state index in [0.717, 1.165) is 5.56 Å². The van der Waals surface area contributed by atoms with Crippen LogP contribution in [0.2, 0.25) is 0 Å². The molecule has 0 saturated heterocycles. The average molecular weight is 370 g/mol. The number of ketones is 2. The Balaban J connectivity index is 2.21. The zero-order valence-corrected chi connectivity index (χ0v) is 15.5. The second-order valence-electron chi connectivity index (χ2n) is 5.63. The molecule has 0 radical (unpaired) electrons. The molecule has 0 amide bonds. The molecule has 6 heteroatoms. The maximum Gasteiger partial charge on any atom is 0.233 e. The molecule has 0 bridgehead atoms. The van der Waals surface area contributed by atoms with Gasteiger partial charge in [0.25, 0.3) is 0 Å². The van der Waals surface area contributed by atoms with E-state index in [4.69, 9.17) is 9.47 Å². The van der Waals surface area contributed by atoms with E-state index in [-0.39, 0.29) is 22.6 Å². The zero-order valence-electron chi connectivity index (χ0n) is 14.7. The third kappa shape index (κ3) is 2.76. The molecule has 0 spiro atoms. The van der Waals surface area contributed by atoms with Crippen LogP contribution < -0.4 is 0 Å². The highest BCUT2D eigenvalue weighted by Gasteiger charge is 2.37. The molecule has 0 fully saturated rings. The first-order chi connectivity index (χ1) is 12.5. The number of ether oxygens (including phenoxy) is 2. The summed E-state index contributed by atoms with van der Waals surface area (Å²) in [6.07, 6.45) is 0.709. The highest BCUT2D eigenvalue weighted by molar-refractivity contribution is 7.85. The lowest BCUT2D eigenvalue weighted by Crippen LogP contribution is -2.25. The zero-order chi connectivity index (χ0) is 18.8. The van der Waals surface area contributed by atoms with Crippen molar-refractivity contribution in [2.45, 2.75) is 23.1 Å². The van der Waals surface area contributed by atoms with Gasteiger partial charge in [-0.05, 0) is 24.1 Å². The van der Waals surface area contributed by atoms with Crippen LogP contribution in [0.15, 0.2) is 63.8 Å². The average Bonchev–Trinajstić information content (AvgIpc) is 2.69. The van der Waals surface area contributed by atoms with Gasteiger partial charge in [-0.3, -0.25) is 9.59 Å². The number of aryl methyl sites for hydroxylation is 1. The van der Waals surface area contributed by atoms with Crippen molar-refractivity contribution in [1.82, 2.24) is 0 Å². The van der Waals surface area contributed by atoms with Gasteiger partial charge in [0.05, 0.1) is 35.5 Å². The lowest BCUT2D eigenvalue weighted by Gasteiger charge is -2.21. The van der Waals surface area contributed by atoms with Gasteiger partial charge >= 0.3 is 0 Å². The first-order valence-electron chi connectivity index (χ1n) is 8.09. The fourth-order valence-electron chi connectivity index (χ4n) is 3.02. The maximum atomic E-state index is 13.3. The number of rotatable bonds is 5. The molecule has 5 nitrogen and oxygen atoms in total. The SMILES string of the molecule is CCc1ccccc1S(=O)c1cccc2c1C(=O)C(OC)=C(OC)C2=O. The molecule has 1 unspecified atom stereocenters. The Labute approximate surface area is 154 Å². The number of Topliss-reactive ketones (excluding diaryl/α,β-unsaturated/α-hetero) is 2. The second kappa shape index (κ2) is 7.25. The number of methoxy groups -OCH3 is 2. The highest BCUT2D eigenvalue weighted by atomic mass is 32.2. The van der Waals surface area contributed by atoms with Crippen molar-refractivity contribution >= 4 is 22.4 Å². The predicted molar refractivity (Wildman–Crippen MR) is 96.6 cm³/mol. The molecule has 0 saturated carbocycles. The van der Waals surface area contributed by atoms with Crippen LogP contribution in [0.3, 0.4) is 0 Å². The van der Waals surface area contributed by atoms with Gasteiger partial charge in [0, 0.05) is 10.5 Å². The van der Waals surface area contributed by atoms with E-state index < -0.39 is 22.4 Å².